The predicted molar refractivity (Wildman–Crippen MR) is 320 cm³/mol. The van der Waals surface area contributed by atoms with Gasteiger partial charge < -0.3 is 14.7 Å². The zero-order valence-corrected chi connectivity index (χ0v) is 46.3. The molecule has 1 fully saturated rings. The van der Waals surface area contributed by atoms with E-state index in [0.717, 1.165) is 6.42 Å². The molecule has 372 valence electrons. The number of nitrogens with zero attached hydrogens (tertiary/aromatic N) is 3. The summed E-state index contributed by atoms with van der Waals surface area (Å²) in [5, 5.41) is 0. The molecule has 3 nitrogen and oxygen atoms in total. The first-order chi connectivity index (χ1) is 35.2. The van der Waals surface area contributed by atoms with Crippen LogP contribution in [0.25, 0.3) is 22.3 Å². The Morgan fingerprint density at radius 3 is 1.50 bits per heavy atom. The number of hydrogen-bond acceptors (Lipinski definition) is 3. The van der Waals surface area contributed by atoms with Crippen molar-refractivity contribution in [1.29, 1.82) is 0 Å². The van der Waals surface area contributed by atoms with E-state index in [0.29, 0.717) is 0 Å². The summed E-state index contributed by atoms with van der Waals surface area (Å²) in [6.07, 6.45) is 4.75. The fourth-order valence-corrected chi connectivity index (χ4v) is 13.8. The molecule has 12 rings (SSSR count). The molecule has 1 saturated carbocycles. The van der Waals surface area contributed by atoms with Crippen LogP contribution in [0.5, 0.6) is 0 Å². The summed E-state index contributed by atoms with van der Waals surface area (Å²) >= 11 is 0. The van der Waals surface area contributed by atoms with Crippen LogP contribution in [0.15, 0.2) is 164 Å². The van der Waals surface area contributed by atoms with Gasteiger partial charge in [-0.2, -0.15) is 0 Å². The molecular formula is C70H74BN3. The summed E-state index contributed by atoms with van der Waals surface area (Å²) in [5.41, 5.74) is 26.8. The third-order valence-electron chi connectivity index (χ3n) is 18.0. The van der Waals surface area contributed by atoms with Crippen molar-refractivity contribution >= 4 is 68.6 Å². The average molecular weight is 968 g/mol. The van der Waals surface area contributed by atoms with E-state index in [9.17, 15) is 0 Å². The van der Waals surface area contributed by atoms with Crippen molar-refractivity contribution in [3.8, 4) is 22.3 Å². The third-order valence-corrected chi connectivity index (χ3v) is 18.0. The fourth-order valence-electron chi connectivity index (χ4n) is 13.8. The summed E-state index contributed by atoms with van der Waals surface area (Å²) < 4.78 is 0. The van der Waals surface area contributed by atoms with Gasteiger partial charge in [0.1, 0.15) is 0 Å². The minimum Gasteiger partial charge on any atom is -0.334 e. The Balaban J connectivity index is 1.25. The smallest absolute Gasteiger partial charge is 0.252 e. The number of anilines is 8. The average Bonchev–Trinajstić information content (AvgIpc) is 3.62. The first-order valence-electron chi connectivity index (χ1n) is 27.5. The molecule has 3 aliphatic heterocycles. The highest BCUT2D eigenvalue weighted by Gasteiger charge is 2.58. The SMILES string of the molecule is Cc1cc(C)c2c(c1)C1(C)CCCCC1(C)N2c1cc2c3c(c1)N(c1ccc(C(C)(C)C)cc1-c1ccccc1)c1cc(C(C)(C)C)ccc1B3c1ccccc1N2c1ccc(C(C)(C)C)cc1-c1ccccc1. The van der Waals surface area contributed by atoms with Crippen molar-refractivity contribution < 1.29 is 0 Å². The number of hydrogen-bond donors (Lipinski definition) is 0. The Morgan fingerprint density at radius 1 is 0.446 bits per heavy atom. The Morgan fingerprint density at radius 2 is 0.932 bits per heavy atom. The van der Waals surface area contributed by atoms with Gasteiger partial charge in [-0.25, -0.2) is 0 Å². The van der Waals surface area contributed by atoms with Gasteiger partial charge in [0.05, 0.1) is 16.9 Å². The standard InChI is InChI=1S/C70H74BN3/c1-45-38-46(2)65-55(39-45)69(12)36-22-23-37-70(69,13)74(65)52-43-62-64-63(44-52)73(59-35-32-50(67(6,7)8)41-54(59)48-26-18-15-19-27-48)61-42-51(68(9,10)11)30-33-57(61)71(64)56-28-20-21-29-60(56)72(62)58-34-31-49(66(3,4)5)40-53(58)47-24-16-14-17-25-47/h14-21,24-35,38-44H,22-23,36-37H2,1-13H3. The van der Waals surface area contributed by atoms with Crippen molar-refractivity contribution in [3.63, 3.8) is 0 Å². The topological polar surface area (TPSA) is 9.72 Å². The highest BCUT2D eigenvalue weighted by atomic mass is 15.3. The highest BCUT2D eigenvalue weighted by molar-refractivity contribution is 7.00. The van der Waals surface area contributed by atoms with Crippen LogP contribution in [0.4, 0.5) is 45.5 Å². The van der Waals surface area contributed by atoms with Crippen LogP contribution in [-0.2, 0) is 21.7 Å². The number of aryl methyl sites for hydroxylation is 2. The molecule has 8 aromatic rings. The maximum Gasteiger partial charge on any atom is 0.252 e. The largest absolute Gasteiger partial charge is 0.334 e. The zero-order chi connectivity index (χ0) is 51.9. The van der Waals surface area contributed by atoms with Gasteiger partial charge in [-0.1, -0.05) is 203 Å². The lowest BCUT2D eigenvalue weighted by Gasteiger charge is -2.51. The Kier molecular flexibility index (Phi) is 11.0. The van der Waals surface area contributed by atoms with Gasteiger partial charge in [-0.3, -0.25) is 0 Å². The summed E-state index contributed by atoms with van der Waals surface area (Å²) in [4.78, 5) is 8.21. The van der Waals surface area contributed by atoms with E-state index in [1.54, 1.807) is 0 Å². The van der Waals surface area contributed by atoms with Crippen LogP contribution in [0, 0.1) is 13.8 Å². The summed E-state index contributed by atoms with van der Waals surface area (Å²) in [6, 6.07) is 63.9. The lowest BCUT2D eigenvalue weighted by Crippen LogP contribution is -2.61. The Labute approximate surface area is 443 Å². The highest BCUT2D eigenvalue weighted by Crippen LogP contribution is 2.63. The van der Waals surface area contributed by atoms with Gasteiger partial charge in [0.15, 0.2) is 0 Å². The molecule has 0 amide bonds. The quantitative estimate of drug-likeness (QED) is 0.159. The van der Waals surface area contributed by atoms with Crippen molar-refractivity contribution in [1.82, 2.24) is 0 Å². The van der Waals surface area contributed by atoms with Crippen molar-refractivity contribution in [3.05, 3.63) is 197 Å². The number of para-hydroxylation sites is 1. The van der Waals surface area contributed by atoms with Gasteiger partial charge in [0.25, 0.3) is 6.71 Å². The number of fused-ring (bicyclic) bond motifs is 7. The second-order valence-electron chi connectivity index (χ2n) is 25.9. The maximum atomic E-state index is 2.85. The van der Waals surface area contributed by atoms with Gasteiger partial charge in [0.2, 0.25) is 0 Å². The van der Waals surface area contributed by atoms with Crippen LogP contribution >= 0.6 is 0 Å². The van der Waals surface area contributed by atoms with Crippen LogP contribution in [-0.4, -0.2) is 12.3 Å². The van der Waals surface area contributed by atoms with Crippen LogP contribution in [0.1, 0.15) is 135 Å². The minimum absolute atomic E-state index is 0.0180. The van der Waals surface area contributed by atoms with E-state index in [1.807, 2.05) is 0 Å². The van der Waals surface area contributed by atoms with Crippen molar-refractivity contribution in [2.24, 2.45) is 0 Å². The van der Waals surface area contributed by atoms with Crippen LogP contribution in [0.3, 0.4) is 0 Å². The summed E-state index contributed by atoms with van der Waals surface area (Å²) in [7, 11) is 0. The monoisotopic (exact) mass is 968 g/mol. The molecule has 2 atom stereocenters. The molecule has 4 aliphatic rings. The molecule has 74 heavy (non-hydrogen) atoms. The molecule has 2 unspecified atom stereocenters. The molecule has 3 heterocycles. The van der Waals surface area contributed by atoms with E-state index < -0.39 is 0 Å². The second-order valence-corrected chi connectivity index (χ2v) is 25.9. The van der Waals surface area contributed by atoms with Crippen molar-refractivity contribution in [2.75, 3.05) is 14.7 Å². The number of benzene rings is 8. The molecule has 8 aromatic carbocycles. The molecule has 0 spiro atoms. The van der Waals surface area contributed by atoms with E-state index >= 15 is 0 Å². The van der Waals surface area contributed by atoms with E-state index in [4.69, 9.17) is 0 Å². The van der Waals surface area contributed by atoms with E-state index in [1.165, 1.54) is 137 Å². The predicted octanol–water partition coefficient (Wildman–Crippen LogP) is 17.4. The zero-order valence-electron chi connectivity index (χ0n) is 46.3. The normalized spacial score (nSPS) is 18.9. The van der Waals surface area contributed by atoms with Crippen LogP contribution < -0.4 is 31.1 Å². The summed E-state index contributed by atoms with van der Waals surface area (Å²) in [6.45, 7) is 30.9. The number of rotatable bonds is 5. The third kappa shape index (κ3) is 7.36. The lowest BCUT2D eigenvalue weighted by atomic mass is 9.33. The summed E-state index contributed by atoms with van der Waals surface area (Å²) in [5.74, 6) is 0. The van der Waals surface area contributed by atoms with Gasteiger partial charge in [0, 0.05) is 50.7 Å². The molecule has 0 saturated heterocycles. The molecule has 0 radical (unpaired) electrons. The van der Waals surface area contributed by atoms with E-state index in [-0.39, 0.29) is 33.9 Å². The molecule has 0 N–H and O–H groups in total. The molecular weight excluding hydrogens is 894 g/mol. The fraction of sp³-hybridized carbons (Fsp3) is 0.314. The van der Waals surface area contributed by atoms with Gasteiger partial charge in [-0.05, 0) is 154 Å². The first kappa shape index (κ1) is 48.2. The van der Waals surface area contributed by atoms with Crippen molar-refractivity contribution in [2.45, 2.75) is 143 Å². The van der Waals surface area contributed by atoms with Gasteiger partial charge in [-0.15, -0.1) is 0 Å². The van der Waals surface area contributed by atoms with E-state index in [2.05, 4.69) is 269 Å². The Hall–Kier alpha value is -6.78. The molecule has 0 aromatic heterocycles. The van der Waals surface area contributed by atoms with Crippen LogP contribution in [0.2, 0.25) is 0 Å². The molecule has 1 aliphatic carbocycles. The Bertz CT molecular complexity index is 3530. The second kappa shape index (κ2) is 16.9. The molecule has 4 heteroatoms. The maximum absolute atomic E-state index is 2.85. The van der Waals surface area contributed by atoms with Gasteiger partial charge >= 0.3 is 0 Å². The molecule has 0 bridgehead atoms. The minimum atomic E-state index is -0.159. The first-order valence-corrected chi connectivity index (χ1v) is 27.5. The lowest BCUT2D eigenvalue weighted by molar-refractivity contribution is 0.195.